The molecule has 0 unspecified atom stereocenters. The van der Waals surface area contributed by atoms with E-state index in [0.717, 1.165) is 26.4 Å². The molecule has 0 amide bonds. The number of benzene rings is 1. The maximum atomic E-state index is 4.33. The average molecular weight is 357 g/mol. The second-order valence-electron chi connectivity index (χ2n) is 3.71. The fourth-order valence-electron chi connectivity index (χ4n) is 1.46. The Kier molecular flexibility index (Phi) is 3.79. The van der Waals surface area contributed by atoms with Gasteiger partial charge in [0, 0.05) is 16.2 Å². The number of nitrogens with one attached hydrogen (secondary N) is 1. The molecule has 2 rings (SSSR count). The van der Waals surface area contributed by atoms with Crippen LogP contribution in [-0.2, 0) is 0 Å². The molecule has 0 radical (unpaired) electrons. The highest BCUT2D eigenvalue weighted by atomic mass is 79.9. The third-order valence-corrected chi connectivity index (χ3v) is 3.17. The predicted octanol–water partition coefficient (Wildman–Crippen LogP) is 4.36. The Hall–Kier alpha value is -0.940. The Balaban J connectivity index is 2.34. The topological polar surface area (TPSA) is 37.8 Å². The van der Waals surface area contributed by atoms with E-state index in [9.17, 15) is 0 Å². The van der Waals surface area contributed by atoms with Crippen molar-refractivity contribution in [1.82, 2.24) is 9.97 Å². The highest BCUT2D eigenvalue weighted by Gasteiger charge is 2.03. The van der Waals surface area contributed by atoms with Gasteiger partial charge in [0.15, 0.2) is 0 Å². The maximum Gasteiger partial charge on any atom is 0.135 e. The molecule has 1 N–H and O–H groups in total. The molecule has 17 heavy (non-hydrogen) atoms. The quantitative estimate of drug-likeness (QED) is 0.812. The lowest BCUT2D eigenvalue weighted by Crippen LogP contribution is -1.98. The van der Waals surface area contributed by atoms with Gasteiger partial charge in [0.25, 0.3) is 0 Å². The molecule has 0 aliphatic rings. The van der Waals surface area contributed by atoms with Crippen LogP contribution in [0.2, 0.25) is 0 Å². The van der Waals surface area contributed by atoms with Crippen LogP contribution in [0.4, 0.5) is 11.5 Å². The Morgan fingerprint density at radius 2 is 1.82 bits per heavy atom. The van der Waals surface area contributed by atoms with E-state index in [2.05, 4.69) is 60.1 Å². The summed E-state index contributed by atoms with van der Waals surface area (Å²) in [5, 5.41) is 3.28. The number of hydrogen-bond donors (Lipinski definition) is 1. The molecule has 1 aromatic carbocycles. The molecule has 0 saturated heterocycles. The van der Waals surface area contributed by atoms with Crippen LogP contribution >= 0.6 is 31.9 Å². The molecule has 0 saturated carbocycles. The summed E-state index contributed by atoms with van der Waals surface area (Å²) in [6, 6.07) is 7.95. The molecular formula is C12H11Br2N3. The summed E-state index contributed by atoms with van der Waals surface area (Å²) in [6.45, 7) is 3.92. The van der Waals surface area contributed by atoms with Gasteiger partial charge in [-0.1, -0.05) is 22.0 Å². The lowest BCUT2D eigenvalue weighted by Gasteiger charge is -2.10. The molecule has 0 aliphatic heterocycles. The van der Waals surface area contributed by atoms with E-state index in [1.165, 1.54) is 5.56 Å². The third-order valence-electron chi connectivity index (χ3n) is 2.27. The molecule has 0 fully saturated rings. The fraction of sp³-hybridized carbons (Fsp3) is 0.167. The minimum Gasteiger partial charge on any atom is -0.340 e. The molecule has 0 aliphatic carbocycles. The summed E-state index contributed by atoms with van der Waals surface area (Å²) < 4.78 is 1.82. The van der Waals surface area contributed by atoms with E-state index in [1.807, 2.05) is 25.1 Å². The van der Waals surface area contributed by atoms with E-state index in [0.29, 0.717) is 0 Å². The summed E-state index contributed by atoms with van der Waals surface area (Å²) in [5.41, 5.74) is 2.20. The van der Waals surface area contributed by atoms with Crippen LogP contribution in [0.5, 0.6) is 0 Å². The van der Waals surface area contributed by atoms with Crippen LogP contribution in [-0.4, -0.2) is 9.97 Å². The van der Waals surface area contributed by atoms with E-state index in [1.54, 1.807) is 0 Å². The van der Waals surface area contributed by atoms with Gasteiger partial charge in [-0.25, -0.2) is 9.97 Å². The van der Waals surface area contributed by atoms with Gasteiger partial charge in [-0.2, -0.15) is 0 Å². The molecule has 0 bridgehead atoms. The summed E-state index contributed by atoms with van der Waals surface area (Å²) in [4.78, 5) is 8.50. The molecular weight excluding hydrogens is 346 g/mol. The molecule has 0 atom stereocenters. The second kappa shape index (κ2) is 5.14. The average Bonchev–Trinajstić information content (AvgIpc) is 2.22. The van der Waals surface area contributed by atoms with Gasteiger partial charge in [-0.3, -0.25) is 0 Å². The summed E-state index contributed by atoms with van der Waals surface area (Å²) in [7, 11) is 0. The molecule has 1 aromatic heterocycles. The van der Waals surface area contributed by atoms with E-state index in [4.69, 9.17) is 0 Å². The molecule has 0 spiro atoms. The van der Waals surface area contributed by atoms with Crippen LogP contribution < -0.4 is 5.32 Å². The van der Waals surface area contributed by atoms with E-state index in [-0.39, 0.29) is 0 Å². The lowest BCUT2D eigenvalue weighted by molar-refractivity contribution is 1.04. The summed E-state index contributed by atoms with van der Waals surface area (Å²) in [6.07, 6.45) is 0. The minimum atomic E-state index is 0.731. The number of anilines is 2. The van der Waals surface area contributed by atoms with Crippen molar-refractivity contribution in [3.05, 3.63) is 44.7 Å². The van der Waals surface area contributed by atoms with Crippen LogP contribution in [0.3, 0.4) is 0 Å². The van der Waals surface area contributed by atoms with Crippen LogP contribution in [0, 0.1) is 13.8 Å². The monoisotopic (exact) mass is 355 g/mol. The Labute approximate surface area is 117 Å². The van der Waals surface area contributed by atoms with Crippen molar-refractivity contribution in [3.8, 4) is 0 Å². The van der Waals surface area contributed by atoms with Crippen molar-refractivity contribution in [3.63, 3.8) is 0 Å². The standard InChI is InChI=1S/C12H11Br2N3/c1-7-3-4-9(13)5-10(7)17-12-6-11(14)15-8(2)16-12/h3-6H,1-2H3,(H,15,16,17). The number of aryl methyl sites for hydroxylation is 2. The van der Waals surface area contributed by atoms with Gasteiger partial charge in [-0.05, 0) is 47.5 Å². The van der Waals surface area contributed by atoms with Gasteiger partial charge >= 0.3 is 0 Å². The lowest BCUT2D eigenvalue weighted by atomic mass is 10.2. The zero-order valence-corrected chi connectivity index (χ0v) is 12.6. The van der Waals surface area contributed by atoms with Gasteiger partial charge < -0.3 is 5.32 Å². The van der Waals surface area contributed by atoms with Crippen molar-refractivity contribution < 1.29 is 0 Å². The van der Waals surface area contributed by atoms with Crippen LogP contribution in [0.15, 0.2) is 33.3 Å². The number of aromatic nitrogens is 2. The van der Waals surface area contributed by atoms with Crippen LogP contribution in [0.25, 0.3) is 0 Å². The van der Waals surface area contributed by atoms with Gasteiger partial charge in [0.2, 0.25) is 0 Å². The summed E-state index contributed by atoms with van der Waals surface area (Å²) in [5.74, 6) is 1.51. The van der Waals surface area contributed by atoms with Gasteiger partial charge in [0.1, 0.15) is 16.2 Å². The second-order valence-corrected chi connectivity index (χ2v) is 5.44. The molecule has 88 valence electrons. The van der Waals surface area contributed by atoms with Crippen LogP contribution in [0.1, 0.15) is 11.4 Å². The van der Waals surface area contributed by atoms with Crippen molar-refractivity contribution in [2.75, 3.05) is 5.32 Å². The predicted molar refractivity (Wildman–Crippen MR) is 76.6 cm³/mol. The highest BCUT2D eigenvalue weighted by Crippen LogP contribution is 2.24. The molecule has 2 aromatic rings. The zero-order valence-electron chi connectivity index (χ0n) is 9.46. The largest absolute Gasteiger partial charge is 0.340 e. The van der Waals surface area contributed by atoms with Crippen molar-refractivity contribution in [2.45, 2.75) is 13.8 Å². The summed E-state index contributed by atoms with van der Waals surface area (Å²) >= 11 is 6.82. The van der Waals surface area contributed by atoms with Crippen molar-refractivity contribution in [2.24, 2.45) is 0 Å². The molecule has 5 heteroatoms. The van der Waals surface area contributed by atoms with Crippen molar-refractivity contribution >= 4 is 43.4 Å². The highest BCUT2D eigenvalue weighted by molar-refractivity contribution is 9.10. The SMILES string of the molecule is Cc1nc(Br)cc(Nc2cc(Br)ccc2C)n1. The number of rotatable bonds is 2. The molecule has 1 heterocycles. The van der Waals surface area contributed by atoms with Gasteiger partial charge in [0.05, 0.1) is 0 Å². The first kappa shape index (κ1) is 12.5. The first-order valence-electron chi connectivity index (χ1n) is 5.09. The third kappa shape index (κ3) is 3.26. The zero-order chi connectivity index (χ0) is 12.4. The maximum absolute atomic E-state index is 4.33. The van der Waals surface area contributed by atoms with E-state index < -0.39 is 0 Å². The first-order chi connectivity index (χ1) is 8.04. The smallest absolute Gasteiger partial charge is 0.135 e. The fourth-order valence-corrected chi connectivity index (χ4v) is 2.30. The Bertz CT molecular complexity index is 535. The molecule has 3 nitrogen and oxygen atoms in total. The first-order valence-corrected chi connectivity index (χ1v) is 6.67. The van der Waals surface area contributed by atoms with Gasteiger partial charge in [-0.15, -0.1) is 0 Å². The van der Waals surface area contributed by atoms with Crippen molar-refractivity contribution in [1.29, 1.82) is 0 Å². The van der Waals surface area contributed by atoms with E-state index >= 15 is 0 Å². The number of nitrogens with zero attached hydrogens (tertiary/aromatic N) is 2. The minimum absolute atomic E-state index is 0.731. The normalized spacial score (nSPS) is 10.4. The number of halogens is 2. The number of hydrogen-bond acceptors (Lipinski definition) is 3. The Morgan fingerprint density at radius 1 is 1.06 bits per heavy atom. The Morgan fingerprint density at radius 3 is 2.53 bits per heavy atom.